The molecule has 1 aromatic heterocycles. The third-order valence-electron chi connectivity index (χ3n) is 4.20. The molecule has 0 spiro atoms. The van der Waals surface area contributed by atoms with E-state index in [0.29, 0.717) is 32.7 Å². The summed E-state index contributed by atoms with van der Waals surface area (Å²) in [4.78, 5) is 20.2. The van der Waals surface area contributed by atoms with E-state index in [2.05, 4.69) is 20.6 Å². The van der Waals surface area contributed by atoms with Crippen molar-refractivity contribution in [1.29, 1.82) is 0 Å². The average molecular weight is 502 g/mol. The van der Waals surface area contributed by atoms with Crippen LogP contribution in [0.2, 0.25) is 10.0 Å². The first kappa shape index (κ1) is 23.4. The summed E-state index contributed by atoms with van der Waals surface area (Å²) in [6.45, 7) is 3.66. The number of nitrogens with one attached hydrogen (secondary N) is 3. The molecule has 0 atom stereocenters. The van der Waals surface area contributed by atoms with Crippen molar-refractivity contribution in [2.75, 3.05) is 10.6 Å². The van der Waals surface area contributed by atoms with Crippen LogP contribution in [0.15, 0.2) is 52.2 Å². The molecular formula is C21H17Cl4FN4O. The monoisotopic (exact) mass is 500 g/mol. The van der Waals surface area contributed by atoms with Gasteiger partial charge in [-0.05, 0) is 43.7 Å². The molecule has 0 saturated carbocycles. The van der Waals surface area contributed by atoms with Gasteiger partial charge < -0.3 is 15.6 Å². The lowest BCUT2D eigenvalue weighted by Gasteiger charge is -2.08. The molecule has 2 aromatic carbocycles. The summed E-state index contributed by atoms with van der Waals surface area (Å²) < 4.78 is 13.6. The highest BCUT2D eigenvalue weighted by atomic mass is 35.5. The minimum absolute atomic E-state index is 0.0384. The lowest BCUT2D eigenvalue weighted by atomic mass is 10.1. The molecular weight excluding hydrogens is 485 g/mol. The second-order valence-electron chi connectivity index (χ2n) is 6.51. The standard InChI is InChI=1S/C21H17Cl4FN4O/c1-3-4-14(24)19(10(2)22)30-21-28-17-8-12(15(25)9-18(17)29-21)20(31)27-11-5-6-13(23)16(26)7-11/h4-9H,3H2,1-2H3,(H,27,31)(H2,28,29,30)/b14-4+,19-10-. The van der Waals surface area contributed by atoms with Gasteiger partial charge in [-0.25, -0.2) is 9.37 Å². The van der Waals surface area contributed by atoms with Gasteiger partial charge in [-0.15, -0.1) is 0 Å². The second-order valence-corrected chi connectivity index (χ2v) is 8.30. The molecule has 10 heteroatoms. The van der Waals surface area contributed by atoms with Crippen LogP contribution >= 0.6 is 46.4 Å². The van der Waals surface area contributed by atoms with Gasteiger partial charge in [-0.3, -0.25) is 4.79 Å². The van der Waals surface area contributed by atoms with Crippen LogP contribution in [0.1, 0.15) is 30.6 Å². The van der Waals surface area contributed by atoms with Gasteiger partial charge in [0, 0.05) is 10.7 Å². The van der Waals surface area contributed by atoms with Crippen molar-refractivity contribution in [3.05, 3.63) is 73.6 Å². The molecule has 3 N–H and O–H groups in total. The van der Waals surface area contributed by atoms with Gasteiger partial charge in [-0.2, -0.15) is 0 Å². The van der Waals surface area contributed by atoms with Crippen LogP contribution in [-0.2, 0) is 0 Å². The van der Waals surface area contributed by atoms with Crippen molar-refractivity contribution in [2.45, 2.75) is 20.3 Å². The third kappa shape index (κ3) is 5.52. The number of hydrogen-bond acceptors (Lipinski definition) is 3. The van der Waals surface area contributed by atoms with Crippen LogP contribution in [0.5, 0.6) is 0 Å². The number of rotatable bonds is 6. The number of aromatic amines is 1. The number of amides is 1. The Kier molecular flexibility index (Phi) is 7.49. The van der Waals surface area contributed by atoms with Crippen LogP contribution < -0.4 is 10.6 Å². The molecule has 0 aliphatic carbocycles. The van der Waals surface area contributed by atoms with Crippen LogP contribution in [0.25, 0.3) is 11.0 Å². The SMILES string of the molecule is CC/C=C(Cl)\C(Nc1nc2cc(C(=O)Nc3ccc(Cl)c(F)c3)c(Cl)cc2[nH]1)=C(/C)Cl. The highest BCUT2D eigenvalue weighted by Crippen LogP contribution is 2.28. The van der Waals surface area contributed by atoms with Crippen LogP contribution in [0.4, 0.5) is 16.0 Å². The molecule has 0 saturated heterocycles. The minimum atomic E-state index is -0.640. The molecule has 3 rings (SSSR count). The molecule has 3 aromatic rings. The van der Waals surface area contributed by atoms with Gasteiger partial charge in [-0.1, -0.05) is 59.4 Å². The number of halogens is 5. The molecule has 0 aliphatic rings. The summed E-state index contributed by atoms with van der Waals surface area (Å²) in [5.74, 6) is -0.781. The van der Waals surface area contributed by atoms with Gasteiger partial charge in [0.1, 0.15) is 5.82 Å². The normalized spacial score (nSPS) is 12.7. The number of carbonyl (C=O) groups is 1. The molecule has 1 amide bonds. The van der Waals surface area contributed by atoms with Crippen molar-refractivity contribution >= 4 is 75.0 Å². The fourth-order valence-electron chi connectivity index (χ4n) is 2.75. The zero-order valence-corrected chi connectivity index (χ0v) is 19.4. The van der Waals surface area contributed by atoms with Crippen LogP contribution in [0, 0.1) is 5.82 Å². The number of carbonyl (C=O) groups excluding carboxylic acids is 1. The number of fused-ring (bicyclic) bond motifs is 1. The fourth-order valence-corrected chi connectivity index (χ4v) is 3.65. The number of nitrogens with zero attached hydrogens (tertiary/aromatic N) is 1. The maximum Gasteiger partial charge on any atom is 0.257 e. The van der Waals surface area contributed by atoms with E-state index in [1.54, 1.807) is 13.0 Å². The first-order valence-electron chi connectivity index (χ1n) is 9.14. The van der Waals surface area contributed by atoms with E-state index in [0.717, 1.165) is 12.5 Å². The molecule has 0 bridgehead atoms. The zero-order chi connectivity index (χ0) is 22.7. The number of benzene rings is 2. The molecule has 5 nitrogen and oxygen atoms in total. The maximum atomic E-state index is 13.6. The summed E-state index contributed by atoms with van der Waals surface area (Å²) in [5.41, 5.74) is 2.02. The highest BCUT2D eigenvalue weighted by Gasteiger charge is 2.16. The largest absolute Gasteiger partial charge is 0.324 e. The van der Waals surface area contributed by atoms with E-state index in [4.69, 9.17) is 46.4 Å². The van der Waals surface area contributed by atoms with Crippen molar-refractivity contribution in [3.63, 3.8) is 0 Å². The predicted molar refractivity (Wildman–Crippen MR) is 127 cm³/mol. The number of aromatic nitrogens is 2. The Bertz CT molecular complexity index is 1220. The molecule has 31 heavy (non-hydrogen) atoms. The lowest BCUT2D eigenvalue weighted by molar-refractivity contribution is 0.102. The Hall–Kier alpha value is -2.25. The Balaban J connectivity index is 1.89. The van der Waals surface area contributed by atoms with E-state index >= 15 is 0 Å². The van der Waals surface area contributed by atoms with E-state index in [1.807, 2.05) is 13.0 Å². The highest BCUT2D eigenvalue weighted by molar-refractivity contribution is 6.36. The van der Waals surface area contributed by atoms with Gasteiger partial charge in [0.15, 0.2) is 0 Å². The molecule has 0 aliphatic heterocycles. The number of imidazole rings is 1. The van der Waals surface area contributed by atoms with E-state index in [9.17, 15) is 9.18 Å². The Morgan fingerprint density at radius 1 is 1.16 bits per heavy atom. The van der Waals surface area contributed by atoms with Crippen molar-refractivity contribution in [1.82, 2.24) is 9.97 Å². The first-order chi connectivity index (χ1) is 14.7. The van der Waals surface area contributed by atoms with Gasteiger partial charge in [0.05, 0.1) is 37.4 Å². The summed E-state index contributed by atoms with van der Waals surface area (Å²) >= 11 is 24.4. The number of hydrogen-bond donors (Lipinski definition) is 3. The Morgan fingerprint density at radius 2 is 1.90 bits per heavy atom. The van der Waals surface area contributed by atoms with Gasteiger partial charge in [0.25, 0.3) is 5.91 Å². The van der Waals surface area contributed by atoms with Crippen LogP contribution in [0.3, 0.4) is 0 Å². The quantitative estimate of drug-likeness (QED) is 0.303. The van der Waals surface area contributed by atoms with Crippen molar-refractivity contribution in [2.24, 2.45) is 0 Å². The summed E-state index contributed by atoms with van der Waals surface area (Å²) in [7, 11) is 0. The topological polar surface area (TPSA) is 69.8 Å². The molecule has 0 unspecified atom stereocenters. The van der Waals surface area contributed by atoms with Crippen molar-refractivity contribution in [3.8, 4) is 0 Å². The molecule has 0 fully saturated rings. The first-order valence-corrected chi connectivity index (χ1v) is 10.7. The fraction of sp³-hybridized carbons (Fsp3) is 0.143. The average Bonchev–Trinajstić information content (AvgIpc) is 3.09. The molecule has 162 valence electrons. The van der Waals surface area contributed by atoms with Gasteiger partial charge >= 0.3 is 0 Å². The van der Waals surface area contributed by atoms with E-state index < -0.39 is 11.7 Å². The number of anilines is 2. The number of H-pyrrole nitrogens is 1. The van der Waals surface area contributed by atoms with Crippen molar-refractivity contribution < 1.29 is 9.18 Å². The summed E-state index contributed by atoms with van der Waals surface area (Å²) in [6, 6.07) is 7.07. The molecule has 1 heterocycles. The third-order valence-corrected chi connectivity index (χ3v) is 5.35. The second kappa shape index (κ2) is 9.92. The predicted octanol–water partition coefficient (Wildman–Crippen LogP) is 7.68. The summed E-state index contributed by atoms with van der Waals surface area (Å²) in [6.07, 6.45) is 2.55. The van der Waals surface area contributed by atoms with Crippen LogP contribution in [-0.4, -0.2) is 15.9 Å². The van der Waals surface area contributed by atoms with E-state index in [1.165, 1.54) is 18.2 Å². The molecule has 0 radical (unpaired) electrons. The smallest absolute Gasteiger partial charge is 0.257 e. The Labute approximate surface area is 198 Å². The minimum Gasteiger partial charge on any atom is -0.324 e. The Morgan fingerprint density at radius 3 is 2.55 bits per heavy atom. The number of allylic oxidation sites excluding steroid dienone is 3. The zero-order valence-electron chi connectivity index (χ0n) is 16.4. The lowest BCUT2D eigenvalue weighted by Crippen LogP contribution is -2.12. The van der Waals surface area contributed by atoms with Gasteiger partial charge in [0.2, 0.25) is 5.95 Å². The summed E-state index contributed by atoms with van der Waals surface area (Å²) in [5, 5.41) is 6.73. The van der Waals surface area contributed by atoms with E-state index in [-0.39, 0.29) is 21.3 Å². The maximum absolute atomic E-state index is 13.6.